The summed E-state index contributed by atoms with van der Waals surface area (Å²) in [6.07, 6.45) is 2.97. The maximum atomic E-state index is 10.8. The highest BCUT2D eigenvalue weighted by Gasteiger charge is 2.08. The summed E-state index contributed by atoms with van der Waals surface area (Å²) in [5, 5.41) is 2.27. The lowest BCUT2D eigenvalue weighted by Crippen LogP contribution is -1.70. The molecule has 0 atom stereocenters. The average Bonchev–Trinajstić information content (AvgIpc) is 2.56. The number of rotatable bonds is 2. The molecular formula is C10H8OS2. The molecule has 0 aliphatic rings. The molecule has 0 aliphatic carbocycles. The van der Waals surface area contributed by atoms with Crippen molar-refractivity contribution in [3.05, 3.63) is 29.1 Å². The van der Waals surface area contributed by atoms with Crippen LogP contribution >= 0.6 is 23.1 Å². The highest BCUT2D eigenvalue weighted by Crippen LogP contribution is 2.35. The molecule has 0 aliphatic heterocycles. The molecule has 1 aromatic carbocycles. The van der Waals surface area contributed by atoms with Crippen molar-refractivity contribution < 1.29 is 4.79 Å². The Bertz CT molecular complexity index is 445. The Morgan fingerprint density at radius 1 is 1.31 bits per heavy atom. The largest absolute Gasteiger partial charge is 0.297 e. The highest BCUT2D eigenvalue weighted by molar-refractivity contribution is 8.00. The van der Waals surface area contributed by atoms with Crippen molar-refractivity contribution in [2.75, 3.05) is 6.26 Å². The van der Waals surface area contributed by atoms with Gasteiger partial charge in [-0.25, -0.2) is 0 Å². The van der Waals surface area contributed by atoms with Gasteiger partial charge in [-0.2, -0.15) is 0 Å². The number of thiophene rings is 1. The molecule has 1 heterocycles. The fraction of sp³-hybridized carbons (Fsp3) is 0.100. The first kappa shape index (κ1) is 8.78. The number of hydrogen-bond donors (Lipinski definition) is 0. The second-order valence-corrected chi connectivity index (χ2v) is 4.75. The number of aldehydes is 1. The maximum absolute atomic E-state index is 10.8. The summed E-state index contributed by atoms with van der Waals surface area (Å²) < 4.78 is 1.22. The molecule has 0 amide bonds. The summed E-state index contributed by atoms with van der Waals surface area (Å²) >= 11 is 3.26. The van der Waals surface area contributed by atoms with Gasteiger partial charge in [0, 0.05) is 10.8 Å². The second kappa shape index (κ2) is 3.52. The van der Waals surface area contributed by atoms with Crippen molar-refractivity contribution >= 4 is 40.2 Å². The Labute approximate surface area is 84.8 Å². The average molecular weight is 208 g/mol. The van der Waals surface area contributed by atoms with Crippen molar-refractivity contribution in [3.63, 3.8) is 0 Å². The molecule has 2 aromatic rings. The minimum absolute atomic E-state index is 0.833. The first-order valence-electron chi connectivity index (χ1n) is 3.87. The lowest BCUT2D eigenvalue weighted by Gasteiger charge is -1.90. The van der Waals surface area contributed by atoms with E-state index in [1.807, 2.05) is 24.5 Å². The van der Waals surface area contributed by atoms with E-state index in [-0.39, 0.29) is 0 Å². The van der Waals surface area contributed by atoms with Crippen LogP contribution in [0.3, 0.4) is 0 Å². The van der Waals surface area contributed by atoms with Gasteiger partial charge in [0.05, 0.1) is 9.09 Å². The Kier molecular flexibility index (Phi) is 2.38. The van der Waals surface area contributed by atoms with E-state index in [4.69, 9.17) is 0 Å². The molecule has 0 spiro atoms. The van der Waals surface area contributed by atoms with Crippen molar-refractivity contribution in [1.29, 1.82) is 0 Å². The summed E-state index contributed by atoms with van der Waals surface area (Å²) in [4.78, 5) is 11.6. The molecule has 66 valence electrons. The number of fused-ring (bicyclic) bond motifs is 1. The summed E-state index contributed by atoms with van der Waals surface area (Å²) in [6, 6.07) is 8.02. The Morgan fingerprint density at radius 2 is 2.00 bits per heavy atom. The van der Waals surface area contributed by atoms with Crippen LogP contribution in [0.2, 0.25) is 0 Å². The number of benzene rings is 1. The topological polar surface area (TPSA) is 17.1 Å². The van der Waals surface area contributed by atoms with Crippen LogP contribution in [0.4, 0.5) is 0 Å². The predicted octanol–water partition coefficient (Wildman–Crippen LogP) is 3.44. The van der Waals surface area contributed by atoms with E-state index >= 15 is 0 Å². The molecule has 3 heteroatoms. The van der Waals surface area contributed by atoms with Crippen molar-refractivity contribution in [2.45, 2.75) is 4.21 Å². The molecule has 0 radical (unpaired) electrons. The minimum atomic E-state index is 0.833. The molecule has 1 aromatic heterocycles. The van der Waals surface area contributed by atoms with E-state index in [2.05, 4.69) is 6.07 Å². The zero-order chi connectivity index (χ0) is 9.26. The monoisotopic (exact) mass is 208 g/mol. The van der Waals surface area contributed by atoms with Crippen LogP contribution in [0.15, 0.2) is 28.5 Å². The summed E-state index contributed by atoms with van der Waals surface area (Å²) in [5.74, 6) is 0. The number of thioether (sulfide) groups is 1. The van der Waals surface area contributed by atoms with Crippen LogP contribution in [0.1, 0.15) is 9.67 Å². The standard InChI is InChI=1S/C10H8OS2/c1-12-10-8-5-3-2-4-7(8)9(6-11)13-10/h2-6H,1H3. The SMILES string of the molecule is CSc1sc(C=O)c2ccccc12. The molecule has 13 heavy (non-hydrogen) atoms. The third-order valence-electron chi connectivity index (χ3n) is 1.91. The predicted molar refractivity (Wildman–Crippen MR) is 59.0 cm³/mol. The third-order valence-corrected chi connectivity index (χ3v) is 4.19. The van der Waals surface area contributed by atoms with Crippen LogP contribution in [-0.4, -0.2) is 12.5 Å². The van der Waals surface area contributed by atoms with Crippen LogP contribution in [0, 0.1) is 0 Å². The quantitative estimate of drug-likeness (QED) is 0.555. The van der Waals surface area contributed by atoms with Gasteiger partial charge in [0.2, 0.25) is 0 Å². The van der Waals surface area contributed by atoms with E-state index in [0.717, 1.165) is 16.5 Å². The van der Waals surface area contributed by atoms with E-state index < -0.39 is 0 Å². The fourth-order valence-corrected chi connectivity index (χ4v) is 3.15. The summed E-state index contributed by atoms with van der Waals surface area (Å²) in [6.45, 7) is 0. The molecule has 0 bridgehead atoms. The van der Waals surface area contributed by atoms with Gasteiger partial charge in [0.1, 0.15) is 0 Å². The Balaban J connectivity index is 2.81. The zero-order valence-electron chi connectivity index (χ0n) is 7.11. The molecule has 2 rings (SSSR count). The van der Waals surface area contributed by atoms with E-state index in [9.17, 15) is 4.79 Å². The van der Waals surface area contributed by atoms with Gasteiger partial charge in [0.25, 0.3) is 0 Å². The second-order valence-electron chi connectivity index (χ2n) is 2.62. The van der Waals surface area contributed by atoms with Crippen molar-refractivity contribution in [3.8, 4) is 0 Å². The molecule has 1 nitrogen and oxygen atoms in total. The molecule has 0 fully saturated rings. The van der Waals surface area contributed by atoms with Crippen LogP contribution in [0.5, 0.6) is 0 Å². The van der Waals surface area contributed by atoms with Gasteiger partial charge >= 0.3 is 0 Å². The van der Waals surface area contributed by atoms with Crippen LogP contribution in [0.25, 0.3) is 10.8 Å². The first-order valence-corrected chi connectivity index (χ1v) is 5.91. The normalized spacial score (nSPS) is 10.5. The lowest BCUT2D eigenvalue weighted by atomic mass is 10.2. The zero-order valence-corrected chi connectivity index (χ0v) is 8.74. The van der Waals surface area contributed by atoms with Crippen molar-refractivity contribution in [1.82, 2.24) is 0 Å². The molecule has 0 N–H and O–H groups in total. The first-order chi connectivity index (χ1) is 6.36. The van der Waals surface area contributed by atoms with Gasteiger partial charge in [-0.3, -0.25) is 4.79 Å². The Hall–Kier alpha value is -0.800. The van der Waals surface area contributed by atoms with Crippen molar-refractivity contribution in [2.24, 2.45) is 0 Å². The fourth-order valence-electron chi connectivity index (χ4n) is 1.32. The summed E-state index contributed by atoms with van der Waals surface area (Å²) in [7, 11) is 0. The Morgan fingerprint density at radius 3 is 2.62 bits per heavy atom. The van der Waals surface area contributed by atoms with E-state index in [1.54, 1.807) is 23.1 Å². The number of hydrogen-bond acceptors (Lipinski definition) is 3. The lowest BCUT2D eigenvalue weighted by molar-refractivity contribution is 0.112. The third kappa shape index (κ3) is 1.38. The van der Waals surface area contributed by atoms with E-state index in [1.165, 1.54) is 9.60 Å². The van der Waals surface area contributed by atoms with Gasteiger partial charge in [-0.1, -0.05) is 24.3 Å². The number of carbonyl (C=O) groups is 1. The molecule has 0 saturated heterocycles. The van der Waals surface area contributed by atoms with Gasteiger partial charge in [-0.05, 0) is 6.26 Å². The highest BCUT2D eigenvalue weighted by atomic mass is 32.2. The van der Waals surface area contributed by atoms with E-state index in [0.29, 0.717) is 0 Å². The van der Waals surface area contributed by atoms with Crippen LogP contribution < -0.4 is 0 Å². The minimum Gasteiger partial charge on any atom is -0.297 e. The number of carbonyl (C=O) groups excluding carboxylic acids is 1. The summed E-state index contributed by atoms with van der Waals surface area (Å²) in [5.41, 5.74) is 0. The smallest absolute Gasteiger partial charge is 0.160 e. The van der Waals surface area contributed by atoms with Gasteiger partial charge < -0.3 is 0 Å². The molecular weight excluding hydrogens is 200 g/mol. The van der Waals surface area contributed by atoms with Gasteiger partial charge in [0.15, 0.2) is 6.29 Å². The molecule has 0 saturated carbocycles. The molecule has 0 unspecified atom stereocenters. The maximum Gasteiger partial charge on any atom is 0.160 e. The van der Waals surface area contributed by atoms with Gasteiger partial charge in [-0.15, -0.1) is 23.1 Å². The van der Waals surface area contributed by atoms with Crippen LogP contribution in [-0.2, 0) is 0 Å².